The van der Waals surface area contributed by atoms with Gasteiger partial charge in [0.2, 0.25) is 15.8 Å². The number of ether oxygens (including phenoxy) is 3. The Morgan fingerprint density at radius 2 is 1.50 bits per heavy atom. The van der Waals surface area contributed by atoms with E-state index < -0.39 is 10.0 Å². The molecule has 0 spiro atoms. The fraction of sp³-hybridized carbons (Fsp3) is 0.381. The van der Waals surface area contributed by atoms with Crippen molar-refractivity contribution in [1.82, 2.24) is 5.32 Å². The van der Waals surface area contributed by atoms with Crippen LogP contribution in [0.4, 0.5) is 5.69 Å². The van der Waals surface area contributed by atoms with Gasteiger partial charge in [-0.25, -0.2) is 8.42 Å². The van der Waals surface area contributed by atoms with E-state index in [9.17, 15) is 13.2 Å². The highest BCUT2D eigenvalue weighted by Crippen LogP contribution is 2.39. The van der Waals surface area contributed by atoms with Crippen LogP contribution in [0.25, 0.3) is 0 Å². The molecule has 0 fully saturated rings. The molecule has 2 aromatic carbocycles. The van der Waals surface area contributed by atoms with E-state index in [0.29, 0.717) is 53.9 Å². The summed E-state index contributed by atoms with van der Waals surface area (Å²) in [5, 5.41) is 2.81. The van der Waals surface area contributed by atoms with Crippen molar-refractivity contribution in [2.45, 2.75) is 27.3 Å². The first-order valence-electron chi connectivity index (χ1n) is 9.69. The van der Waals surface area contributed by atoms with E-state index in [0.717, 1.165) is 6.26 Å². The molecule has 164 valence electrons. The van der Waals surface area contributed by atoms with Gasteiger partial charge in [0, 0.05) is 12.1 Å². The smallest absolute Gasteiger partial charge is 0.251 e. The minimum atomic E-state index is -3.43. The van der Waals surface area contributed by atoms with Crippen molar-refractivity contribution in [2.24, 2.45) is 0 Å². The molecule has 30 heavy (non-hydrogen) atoms. The predicted molar refractivity (Wildman–Crippen MR) is 116 cm³/mol. The van der Waals surface area contributed by atoms with Crippen molar-refractivity contribution in [3.05, 3.63) is 47.5 Å². The molecular weight excluding hydrogens is 408 g/mol. The zero-order chi connectivity index (χ0) is 22.1. The van der Waals surface area contributed by atoms with Crippen LogP contribution in [0.3, 0.4) is 0 Å². The van der Waals surface area contributed by atoms with Crippen molar-refractivity contribution in [3.63, 3.8) is 0 Å². The van der Waals surface area contributed by atoms with Gasteiger partial charge in [0.25, 0.3) is 5.91 Å². The number of benzene rings is 2. The van der Waals surface area contributed by atoms with Crippen LogP contribution in [-0.4, -0.2) is 40.4 Å². The van der Waals surface area contributed by atoms with Crippen LogP contribution in [0.1, 0.15) is 36.7 Å². The van der Waals surface area contributed by atoms with Gasteiger partial charge in [0.1, 0.15) is 0 Å². The average molecular weight is 437 g/mol. The molecule has 0 aliphatic carbocycles. The minimum Gasteiger partial charge on any atom is -0.490 e. The third-order valence-electron chi connectivity index (χ3n) is 3.92. The van der Waals surface area contributed by atoms with E-state index in [2.05, 4.69) is 10.0 Å². The van der Waals surface area contributed by atoms with Gasteiger partial charge in [0.05, 0.1) is 31.8 Å². The normalized spacial score (nSPS) is 10.9. The number of carbonyl (C=O) groups excluding carboxylic acids is 1. The molecule has 0 heterocycles. The maximum atomic E-state index is 12.8. The molecule has 2 N–H and O–H groups in total. The average Bonchev–Trinajstić information content (AvgIpc) is 2.68. The predicted octanol–water partition coefficient (Wildman–Crippen LogP) is 3.18. The quantitative estimate of drug-likeness (QED) is 0.561. The number of amides is 1. The first-order valence-corrected chi connectivity index (χ1v) is 11.6. The summed E-state index contributed by atoms with van der Waals surface area (Å²) in [6, 6.07) is 10.1. The van der Waals surface area contributed by atoms with E-state index in [4.69, 9.17) is 14.2 Å². The Balaban J connectivity index is 2.27. The van der Waals surface area contributed by atoms with Crippen molar-refractivity contribution in [3.8, 4) is 17.2 Å². The number of anilines is 1. The lowest BCUT2D eigenvalue weighted by Gasteiger charge is -2.17. The van der Waals surface area contributed by atoms with Crippen LogP contribution < -0.4 is 24.2 Å². The zero-order valence-corrected chi connectivity index (χ0v) is 18.5. The lowest BCUT2D eigenvalue weighted by Crippen LogP contribution is -2.24. The van der Waals surface area contributed by atoms with Crippen molar-refractivity contribution in [2.75, 3.05) is 30.8 Å². The molecule has 0 radical (unpaired) electrons. The van der Waals surface area contributed by atoms with Gasteiger partial charge in [-0.1, -0.05) is 18.2 Å². The number of nitrogens with one attached hydrogen (secondary N) is 2. The summed E-state index contributed by atoms with van der Waals surface area (Å²) in [5.74, 6) is 0.957. The molecule has 0 saturated carbocycles. The summed E-state index contributed by atoms with van der Waals surface area (Å²) >= 11 is 0. The molecule has 0 bridgehead atoms. The Morgan fingerprint density at radius 1 is 0.933 bits per heavy atom. The number of para-hydroxylation sites is 1. The molecule has 0 saturated heterocycles. The minimum absolute atomic E-state index is 0.138. The van der Waals surface area contributed by atoms with Crippen molar-refractivity contribution >= 4 is 21.6 Å². The lowest BCUT2D eigenvalue weighted by molar-refractivity contribution is 0.0950. The highest BCUT2D eigenvalue weighted by molar-refractivity contribution is 7.92. The van der Waals surface area contributed by atoms with Crippen molar-refractivity contribution < 1.29 is 27.4 Å². The summed E-state index contributed by atoms with van der Waals surface area (Å²) in [5.41, 5.74) is 1.40. The Kier molecular flexibility index (Phi) is 8.35. The molecule has 1 amide bonds. The molecule has 0 aliphatic rings. The fourth-order valence-electron chi connectivity index (χ4n) is 2.77. The van der Waals surface area contributed by atoms with E-state index >= 15 is 0 Å². The molecule has 0 aliphatic heterocycles. The second kappa shape index (κ2) is 10.7. The summed E-state index contributed by atoms with van der Waals surface area (Å²) in [4.78, 5) is 12.8. The Bertz CT molecular complexity index is 948. The number of rotatable bonds is 11. The van der Waals surface area contributed by atoms with Gasteiger partial charge >= 0.3 is 0 Å². The zero-order valence-electron chi connectivity index (χ0n) is 17.7. The molecule has 0 aromatic heterocycles. The van der Waals surface area contributed by atoms with Gasteiger partial charge < -0.3 is 19.5 Å². The maximum absolute atomic E-state index is 12.8. The molecule has 9 heteroatoms. The van der Waals surface area contributed by atoms with Crippen LogP contribution >= 0.6 is 0 Å². The first-order chi connectivity index (χ1) is 14.3. The SMILES string of the molecule is CCOc1cc(C(=O)NCc2ccccc2NS(C)(=O)=O)cc(OCC)c1OCC. The van der Waals surface area contributed by atoms with Gasteiger partial charge in [-0.05, 0) is 44.5 Å². The Morgan fingerprint density at radius 3 is 2.03 bits per heavy atom. The Labute approximate surface area is 177 Å². The van der Waals surface area contributed by atoms with Crippen LogP contribution in [-0.2, 0) is 16.6 Å². The second-order valence-corrected chi connectivity index (χ2v) is 8.06. The lowest BCUT2D eigenvalue weighted by atomic mass is 10.1. The number of carbonyl (C=O) groups is 1. The number of hydrogen-bond acceptors (Lipinski definition) is 6. The summed E-state index contributed by atoms with van der Waals surface area (Å²) < 4.78 is 42.5. The molecule has 0 atom stereocenters. The van der Waals surface area contributed by atoms with Gasteiger partial charge in [0.15, 0.2) is 11.5 Å². The highest BCUT2D eigenvalue weighted by atomic mass is 32.2. The second-order valence-electron chi connectivity index (χ2n) is 6.31. The third-order valence-corrected chi connectivity index (χ3v) is 4.51. The molecule has 2 aromatic rings. The van der Waals surface area contributed by atoms with E-state index in [1.54, 1.807) is 36.4 Å². The fourth-order valence-corrected chi connectivity index (χ4v) is 3.37. The van der Waals surface area contributed by atoms with Gasteiger partial charge in [-0.2, -0.15) is 0 Å². The van der Waals surface area contributed by atoms with Gasteiger partial charge in [-0.15, -0.1) is 0 Å². The first kappa shape index (κ1) is 23.3. The largest absolute Gasteiger partial charge is 0.490 e. The standard InChI is InChI=1S/C21H28N2O6S/c1-5-27-18-12-16(13-19(28-6-2)20(18)29-7-3)21(24)22-14-15-10-8-9-11-17(15)23-30(4,25)26/h8-13,23H,5-7,14H2,1-4H3,(H,22,24). The molecule has 2 rings (SSSR count). The molecular formula is C21H28N2O6S. The third kappa shape index (κ3) is 6.55. The monoisotopic (exact) mass is 436 g/mol. The molecule has 8 nitrogen and oxygen atoms in total. The Hall–Kier alpha value is -2.94. The van der Waals surface area contributed by atoms with Crippen LogP contribution in [0.2, 0.25) is 0 Å². The maximum Gasteiger partial charge on any atom is 0.251 e. The van der Waals surface area contributed by atoms with Crippen molar-refractivity contribution in [1.29, 1.82) is 0 Å². The highest BCUT2D eigenvalue weighted by Gasteiger charge is 2.18. The van der Waals surface area contributed by atoms with Crippen LogP contribution in [0.5, 0.6) is 17.2 Å². The molecule has 0 unspecified atom stereocenters. The summed E-state index contributed by atoms with van der Waals surface area (Å²) in [6.07, 6.45) is 1.08. The van der Waals surface area contributed by atoms with E-state index in [-0.39, 0.29) is 12.5 Å². The van der Waals surface area contributed by atoms with Gasteiger partial charge in [-0.3, -0.25) is 9.52 Å². The number of sulfonamides is 1. The topological polar surface area (TPSA) is 103 Å². The van der Waals surface area contributed by atoms with E-state index in [1.807, 2.05) is 20.8 Å². The van der Waals surface area contributed by atoms with E-state index in [1.165, 1.54) is 0 Å². The van der Waals surface area contributed by atoms with Crippen LogP contribution in [0, 0.1) is 0 Å². The number of hydrogen-bond donors (Lipinski definition) is 2. The summed E-state index contributed by atoms with van der Waals surface area (Å²) in [7, 11) is -3.43. The van der Waals surface area contributed by atoms with Crippen LogP contribution in [0.15, 0.2) is 36.4 Å². The summed E-state index contributed by atoms with van der Waals surface area (Å²) in [6.45, 7) is 6.91.